The predicted molar refractivity (Wildman–Crippen MR) is 139 cm³/mol. The van der Waals surface area contributed by atoms with Crippen LogP contribution in [0.4, 0.5) is 11.4 Å². The number of hydrazone groups is 2. The zero-order chi connectivity index (χ0) is 28.1. The molecule has 0 bridgehead atoms. The number of rotatable bonds is 7. The highest BCUT2D eigenvalue weighted by atomic mass is 35.5. The van der Waals surface area contributed by atoms with Gasteiger partial charge in [0, 0.05) is 46.0 Å². The van der Waals surface area contributed by atoms with Crippen LogP contribution in [0.15, 0.2) is 83.0 Å². The van der Waals surface area contributed by atoms with Crippen LogP contribution in [-0.2, 0) is 4.74 Å². The molecule has 1 aliphatic rings. The Hall–Kier alpha value is -5.50. The van der Waals surface area contributed by atoms with Crippen molar-refractivity contribution in [2.45, 2.75) is 6.10 Å². The number of halogens is 1. The molecule has 196 valence electrons. The first kappa shape index (κ1) is 26.6. The smallest absolute Gasteiger partial charge is 0.271 e. The van der Waals surface area contributed by atoms with Gasteiger partial charge in [0.2, 0.25) is 5.90 Å². The molecule has 1 atom stereocenters. The van der Waals surface area contributed by atoms with E-state index in [1.807, 2.05) is 0 Å². The maximum Gasteiger partial charge on any atom is 0.271 e. The van der Waals surface area contributed by atoms with Gasteiger partial charge in [-0.05, 0) is 18.2 Å². The van der Waals surface area contributed by atoms with Crippen LogP contribution in [0.25, 0.3) is 0 Å². The summed E-state index contributed by atoms with van der Waals surface area (Å²) in [5.41, 5.74) is 3.71. The minimum atomic E-state index is -1.11. The van der Waals surface area contributed by atoms with Gasteiger partial charge < -0.3 is 4.74 Å². The molecule has 15 heteroatoms. The first-order valence-electron chi connectivity index (χ1n) is 10.9. The second kappa shape index (κ2) is 11.3. The highest BCUT2D eigenvalue weighted by Gasteiger charge is 2.38. The molecule has 2 amide bonds. The van der Waals surface area contributed by atoms with Crippen molar-refractivity contribution in [2.24, 2.45) is 10.2 Å². The summed E-state index contributed by atoms with van der Waals surface area (Å²) in [5, 5.41) is 38.5. The summed E-state index contributed by atoms with van der Waals surface area (Å²) in [7, 11) is 0. The van der Waals surface area contributed by atoms with Crippen molar-refractivity contribution in [3.8, 4) is 0 Å². The number of nitrogens with zero attached hydrogens (tertiary/aromatic N) is 4. The molecule has 4 rings (SSSR count). The van der Waals surface area contributed by atoms with Gasteiger partial charge in [-0.2, -0.15) is 10.2 Å². The number of nitro benzene ring substituents is 2. The number of non-ortho nitro benzene ring substituents is 2. The molecular formula is C24H16ClN7O7. The zero-order valence-electron chi connectivity index (χ0n) is 19.5. The Balaban J connectivity index is 1.66. The van der Waals surface area contributed by atoms with Gasteiger partial charge in [-0.3, -0.25) is 35.2 Å². The third-order valence-corrected chi connectivity index (χ3v) is 5.66. The highest BCUT2D eigenvalue weighted by molar-refractivity contribution is 6.69. The summed E-state index contributed by atoms with van der Waals surface area (Å²) >= 11 is 6.30. The fourth-order valence-corrected chi connectivity index (χ4v) is 3.69. The summed E-state index contributed by atoms with van der Waals surface area (Å²) in [5.74, 6) is -2.13. The SMILES string of the molecule is N=C1OC(c2ccccc2Cl)C(=N/NC(=O)c2cccc([N+](=O)[O-])c2)/C1=N/NC(=O)c1cccc([N+](=O)[O-])c1. The summed E-state index contributed by atoms with van der Waals surface area (Å²) in [6, 6.07) is 16.4. The van der Waals surface area contributed by atoms with Crippen LogP contribution in [0.5, 0.6) is 0 Å². The largest absolute Gasteiger partial charge is 0.461 e. The first-order chi connectivity index (χ1) is 18.7. The Morgan fingerprint density at radius 2 is 1.38 bits per heavy atom. The van der Waals surface area contributed by atoms with E-state index >= 15 is 0 Å². The summed E-state index contributed by atoms with van der Waals surface area (Å²) in [6.07, 6.45) is -1.11. The van der Waals surface area contributed by atoms with Crippen LogP contribution in [0.1, 0.15) is 32.4 Å². The number of benzene rings is 3. The van der Waals surface area contributed by atoms with Crippen LogP contribution in [0, 0.1) is 25.6 Å². The Bertz CT molecular complexity index is 1590. The maximum absolute atomic E-state index is 12.7. The number of nitrogens with one attached hydrogen (secondary N) is 3. The molecule has 3 aromatic rings. The van der Waals surface area contributed by atoms with E-state index in [9.17, 15) is 29.8 Å². The standard InChI is InChI=1S/C24H16ClN7O7/c25-18-10-2-1-9-17(18)21-19(27-29-23(33)13-5-3-7-15(11-13)31(35)36)20(22(26)39-21)28-30-24(34)14-6-4-8-16(12-14)32(37)38/h1-12,21,26H,(H,29,33)(H,30,34)/b26-22?,27-19+,28-20-. The number of hydrogen-bond donors (Lipinski definition) is 3. The topological polar surface area (TPSA) is 202 Å². The molecule has 0 aromatic heterocycles. The number of carbonyl (C=O) groups excluding carboxylic acids is 2. The number of carbonyl (C=O) groups is 2. The van der Waals surface area contributed by atoms with E-state index in [0.717, 1.165) is 12.1 Å². The van der Waals surface area contributed by atoms with E-state index < -0.39 is 33.7 Å². The Morgan fingerprint density at radius 1 is 0.846 bits per heavy atom. The van der Waals surface area contributed by atoms with Gasteiger partial charge in [0.05, 0.1) is 9.85 Å². The average molecular weight is 550 g/mol. The van der Waals surface area contributed by atoms with Gasteiger partial charge in [-0.25, -0.2) is 10.9 Å². The number of ether oxygens (including phenoxy) is 1. The van der Waals surface area contributed by atoms with E-state index in [2.05, 4.69) is 21.1 Å². The van der Waals surface area contributed by atoms with Crippen molar-refractivity contribution in [3.63, 3.8) is 0 Å². The molecule has 3 N–H and O–H groups in total. The molecule has 0 saturated carbocycles. The third-order valence-electron chi connectivity index (χ3n) is 5.31. The fraction of sp³-hybridized carbons (Fsp3) is 0.0417. The van der Waals surface area contributed by atoms with Crippen LogP contribution in [-0.4, -0.2) is 39.0 Å². The molecule has 1 heterocycles. The van der Waals surface area contributed by atoms with Gasteiger partial charge >= 0.3 is 0 Å². The van der Waals surface area contributed by atoms with Crippen molar-refractivity contribution in [1.82, 2.24) is 10.9 Å². The molecule has 1 unspecified atom stereocenters. The monoisotopic (exact) mass is 549 g/mol. The van der Waals surface area contributed by atoms with E-state index in [-0.39, 0.29) is 38.9 Å². The lowest BCUT2D eigenvalue weighted by Crippen LogP contribution is -2.28. The van der Waals surface area contributed by atoms with Crippen molar-refractivity contribution in [2.75, 3.05) is 0 Å². The fourth-order valence-electron chi connectivity index (χ4n) is 3.46. The number of nitro groups is 2. The lowest BCUT2D eigenvalue weighted by atomic mass is 10.0. The predicted octanol–water partition coefficient (Wildman–Crippen LogP) is 3.78. The van der Waals surface area contributed by atoms with E-state index in [0.29, 0.717) is 5.56 Å². The minimum Gasteiger partial charge on any atom is -0.461 e. The summed E-state index contributed by atoms with van der Waals surface area (Å²) in [6.45, 7) is 0. The van der Waals surface area contributed by atoms with Gasteiger partial charge in [0.1, 0.15) is 5.71 Å². The molecule has 0 aliphatic carbocycles. The van der Waals surface area contributed by atoms with Crippen molar-refractivity contribution >= 4 is 52.1 Å². The molecule has 3 aromatic carbocycles. The van der Waals surface area contributed by atoms with Gasteiger partial charge in [-0.15, -0.1) is 0 Å². The van der Waals surface area contributed by atoms with Crippen LogP contribution in [0.3, 0.4) is 0 Å². The van der Waals surface area contributed by atoms with Gasteiger partial charge in [0.25, 0.3) is 23.2 Å². The third kappa shape index (κ3) is 5.91. The Labute approximate surface area is 223 Å². The molecule has 1 fully saturated rings. The molecule has 39 heavy (non-hydrogen) atoms. The molecule has 14 nitrogen and oxygen atoms in total. The maximum atomic E-state index is 12.7. The zero-order valence-corrected chi connectivity index (χ0v) is 20.3. The molecule has 1 saturated heterocycles. The molecule has 0 radical (unpaired) electrons. The summed E-state index contributed by atoms with van der Waals surface area (Å²) < 4.78 is 5.59. The normalized spacial score (nSPS) is 16.5. The van der Waals surface area contributed by atoms with Crippen molar-refractivity contribution in [1.29, 1.82) is 5.41 Å². The quantitative estimate of drug-likeness (QED) is 0.293. The molecular weight excluding hydrogens is 534 g/mol. The molecule has 0 spiro atoms. The second-order valence-electron chi connectivity index (χ2n) is 7.80. The lowest BCUT2D eigenvalue weighted by Gasteiger charge is -2.12. The lowest BCUT2D eigenvalue weighted by molar-refractivity contribution is -0.385. The second-order valence-corrected chi connectivity index (χ2v) is 8.21. The number of amides is 2. The molecule has 1 aliphatic heterocycles. The Kier molecular flexibility index (Phi) is 7.67. The number of hydrogen-bond acceptors (Lipinski definition) is 10. The van der Waals surface area contributed by atoms with Crippen molar-refractivity contribution < 1.29 is 24.2 Å². The van der Waals surface area contributed by atoms with E-state index in [1.54, 1.807) is 24.3 Å². The minimum absolute atomic E-state index is 0.0608. The Morgan fingerprint density at radius 3 is 1.92 bits per heavy atom. The van der Waals surface area contributed by atoms with Crippen LogP contribution < -0.4 is 10.9 Å². The van der Waals surface area contributed by atoms with Gasteiger partial charge in [-0.1, -0.05) is 41.9 Å². The summed E-state index contributed by atoms with van der Waals surface area (Å²) in [4.78, 5) is 46.0. The van der Waals surface area contributed by atoms with Gasteiger partial charge in [0.15, 0.2) is 11.8 Å². The van der Waals surface area contributed by atoms with Crippen LogP contribution >= 0.6 is 11.6 Å². The van der Waals surface area contributed by atoms with E-state index in [1.165, 1.54) is 36.4 Å². The average Bonchev–Trinajstić information content (AvgIpc) is 3.25. The van der Waals surface area contributed by atoms with E-state index in [4.69, 9.17) is 21.7 Å². The highest BCUT2D eigenvalue weighted by Crippen LogP contribution is 2.31. The van der Waals surface area contributed by atoms with Crippen LogP contribution in [0.2, 0.25) is 5.02 Å². The van der Waals surface area contributed by atoms with Crippen molar-refractivity contribution in [3.05, 3.63) is 115 Å². The first-order valence-corrected chi connectivity index (χ1v) is 11.3.